The van der Waals surface area contributed by atoms with Gasteiger partial charge in [0.1, 0.15) is 0 Å². The van der Waals surface area contributed by atoms with E-state index in [9.17, 15) is 9.59 Å². The minimum absolute atomic E-state index is 0.0706. The van der Waals surface area contributed by atoms with Gasteiger partial charge in [0.25, 0.3) is 0 Å². The van der Waals surface area contributed by atoms with Crippen molar-refractivity contribution in [2.45, 2.75) is 85.0 Å². The summed E-state index contributed by atoms with van der Waals surface area (Å²) in [4.78, 5) is 29.1. The van der Waals surface area contributed by atoms with E-state index in [1.54, 1.807) is 0 Å². The Kier molecular flexibility index (Phi) is 10.9. The average Bonchev–Trinajstić information content (AvgIpc) is 3.06. The molecule has 2 fully saturated rings. The molecule has 1 heterocycles. The van der Waals surface area contributed by atoms with Crippen LogP contribution in [-0.4, -0.2) is 47.9 Å². The van der Waals surface area contributed by atoms with Crippen molar-refractivity contribution in [2.75, 3.05) is 31.5 Å². The van der Waals surface area contributed by atoms with Gasteiger partial charge in [-0.25, -0.2) is 4.79 Å². The number of nitrogens with one attached hydrogen (secondary N) is 1. The van der Waals surface area contributed by atoms with Gasteiger partial charge in [0, 0.05) is 38.3 Å². The topological polar surface area (TPSA) is 52.7 Å². The van der Waals surface area contributed by atoms with Crippen LogP contribution in [0.25, 0.3) is 0 Å². The predicted molar refractivity (Wildman–Crippen MR) is 129 cm³/mol. The molecule has 0 radical (unpaired) electrons. The van der Waals surface area contributed by atoms with Gasteiger partial charge in [-0.3, -0.25) is 4.79 Å². The Bertz CT molecular complexity index is 666. The third kappa shape index (κ3) is 8.19. The molecule has 0 unspecified atom stereocenters. The zero-order chi connectivity index (χ0) is 22.6. The van der Waals surface area contributed by atoms with Gasteiger partial charge >= 0.3 is 6.03 Å². The van der Waals surface area contributed by atoms with Crippen LogP contribution in [-0.2, 0) is 4.79 Å². The van der Waals surface area contributed by atoms with Crippen molar-refractivity contribution in [3.05, 3.63) is 29.8 Å². The molecule has 0 aromatic heterocycles. The van der Waals surface area contributed by atoms with Crippen LogP contribution in [0, 0.1) is 5.92 Å². The van der Waals surface area contributed by atoms with E-state index in [1.165, 1.54) is 37.7 Å². The van der Waals surface area contributed by atoms with Crippen LogP contribution in [0.15, 0.2) is 24.3 Å². The fourth-order valence-electron chi connectivity index (χ4n) is 4.49. The molecule has 5 nitrogen and oxygen atoms in total. The van der Waals surface area contributed by atoms with E-state index < -0.39 is 0 Å². The van der Waals surface area contributed by atoms with E-state index in [2.05, 4.69) is 31.3 Å². The van der Waals surface area contributed by atoms with E-state index >= 15 is 0 Å². The summed E-state index contributed by atoms with van der Waals surface area (Å²) in [7, 11) is 0. The Labute approximate surface area is 189 Å². The quantitative estimate of drug-likeness (QED) is 0.600. The Hall–Kier alpha value is -2.04. The molecule has 0 bridgehead atoms. The summed E-state index contributed by atoms with van der Waals surface area (Å²) < 4.78 is 0. The molecule has 2 aliphatic rings. The fourth-order valence-corrected chi connectivity index (χ4v) is 4.49. The van der Waals surface area contributed by atoms with Crippen molar-refractivity contribution < 1.29 is 9.59 Å². The molecule has 1 aromatic rings. The fraction of sp³-hybridized carbons (Fsp3) is 0.692. The lowest BCUT2D eigenvalue weighted by Gasteiger charge is -2.25. The molecule has 1 aromatic carbocycles. The number of nitrogens with zero attached hydrogens (tertiary/aromatic N) is 2. The second kappa shape index (κ2) is 13.4. The van der Waals surface area contributed by atoms with Crippen molar-refractivity contribution in [1.29, 1.82) is 0 Å². The van der Waals surface area contributed by atoms with E-state index in [0.29, 0.717) is 32.0 Å². The van der Waals surface area contributed by atoms with Crippen LogP contribution in [0.3, 0.4) is 0 Å². The Morgan fingerprint density at radius 2 is 1.52 bits per heavy atom. The van der Waals surface area contributed by atoms with Crippen LogP contribution in [0.2, 0.25) is 0 Å². The molecule has 5 heteroatoms. The van der Waals surface area contributed by atoms with E-state index in [1.807, 2.05) is 35.8 Å². The van der Waals surface area contributed by atoms with Crippen molar-refractivity contribution in [2.24, 2.45) is 5.92 Å². The molecule has 1 saturated carbocycles. The summed E-state index contributed by atoms with van der Waals surface area (Å²) in [5, 5.41) is 3.00. The van der Waals surface area contributed by atoms with Crippen molar-refractivity contribution in [1.82, 2.24) is 9.80 Å². The van der Waals surface area contributed by atoms with Crippen LogP contribution < -0.4 is 5.32 Å². The van der Waals surface area contributed by atoms with Gasteiger partial charge in [-0.2, -0.15) is 0 Å². The number of anilines is 1. The van der Waals surface area contributed by atoms with Crippen molar-refractivity contribution in [3.63, 3.8) is 0 Å². The van der Waals surface area contributed by atoms with Gasteiger partial charge in [0.2, 0.25) is 5.91 Å². The second-order valence-electron chi connectivity index (χ2n) is 8.97. The number of hydrogen-bond acceptors (Lipinski definition) is 2. The molecule has 1 N–H and O–H groups in total. The number of urea groups is 1. The molecule has 3 rings (SSSR count). The number of carbonyl (C=O) groups excluding carboxylic acids is 2. The first-order valence-electron chi connectivity index (χ1n) is 12.5. The highest BCUT2D eigenvalue weighted by Crippen LogP contribution is 2.27. The summed E-state index contributed by atoms with van der Waals surface area (Å²) in [5.41, 5.74) is 2.09. The summed E-state index contributed by atoms with van der Waals surface area (Å²) in [5.74, 6) is 1.48. The minimum Gasteiger partial charge on any atom is -0.341 e. The van der Waals surface area contributed by atoms with Crippen molar-refractivity contribution in [3.8, 4) is 0 Å². The zero-order valence-electron chi connectivity index (χ0n) is 20.2. The number of rotatable bonds is 5. The van der Waals surface area contributed by atoms with Crippen LogP contribution in [0.4, 0.5) is 10.5 Å². The zero-order valence-corrected chi connectivity index (χ0v) is 20.2. The maximum Gasteiger partial charge on any atom is 0.321 e. The molecule has 3 amide bonds. The van der Waals surface area contributed by atoms with Crippen molar-refractivity contribution >= 4 is 17.6 Å². The van der Waals surface area contributed by atoms with Crippen LogP contribution >= 0.6 is 0 Å². The molecular weight excluding hydrogens is 386 g/mol. The van der Waals surface area contributed by atoms with E-state index in [0.717, 1.165) is 31.0 Å². The molecule has 0 atom stereocenters. The Morgan fingerprint density at radius 1 is 0.903 bits per heavy atom. The largest absolute Gasteiger partial charge is 0.341 e. The molecule has 1 saturated heterocycles. The Balaban J connectivity index is 0.00000166. The normalized spacial score (nSPS) is 17.6. The van der Waals surface area contributed by atoms with E-state index in [-0.39, 0.29) is 11.9 Å². The second-order valence-corrected chi connectivity index (χ2v) is 8.97. The van der Waals surface area contributed by atoms with Gasteiger partial charge < -0.3 is 15.1 Å². The van der Waals surface area contributed by atoms with Gasteiger partial charge in [-0.1, -0.05) is 71.9 Å². The maximum absolute atomic E-state index is 12.7. The lowest BCUT2D eigenvalue weighted by molar-refractivity contribution is -0.131. The third-order valence-corrected chi connectivity index (χ3v) is 6.46. The van der Waals surface area contributed by atoms with Gasteiger partial charge in [0.15, 0.2) is 0 Å². The summed E-state index contributed by atoms with van der Waals surface area (Å²) >= 11 is 0. The molecule has 1 aliphatic heterocycles. The lowest BCUT2D eigenvalue weighted by Crippen LogP contribution is -2.39. The highest BCUT2D eigenvalue weighted by molar-refractivity contribution is 5.89. The third-order valence-electron chi connectivity index (χ3n) is 6.46. The molecule has 1 aliphatic carbocycles. The highest BCUT2D eigenvalue weighted by atomic mass is 16.2. The smallest absolute Gasteiger partial charge is 0.321 e. The van der Waals surface area contributed by atoms with Gasteiger partial charge in [-0.15, -0.1) is 0 Å². The molecule has 0 spiro atoms. The SMILES string of the molecule is CC.CC(C)c1ccc(NC(=O)N2CCCN(C(=O)CCC3CCCCC3)CC2)cc1. The summed E-state index contributed by atoms with van der Waals surface area (Å²) in [6.45, 7) is 11.0. The monoisotopic (exact) mass is 429 g/mol. The first-order valence-corrected chi connectivity index (χ1v) is 12.5. The Morgan fingerprint density at radius 3 is 2.16 bits per heavy atom. The molecule has 31 heavy (non-hydrogen) atoms. The highest BCUT2D eigenvalue weighted by Gasteiger charge is 2.23. The number of hydrogen-bond donors (Lipinski definition) is 1. The molecule has 174 valence electrons. The van der Waals surface area contributed by atoms with Crippen LogP contribution in [0.1, 0.15) is 90.5 Å². The van der Waals surface area contributed by atoms with Gasteiger partial charge in [0.05, 0.1) is 0 Å². The van der Waals surface area contributed by atoms with Gasteiger partial charge in [-0.05, 0) is 42.4 Å². The number of carbonyl (C=O) groups is 2. The summed E-state index contributed by atoms with van der Waals surface area (Å²) in [6.07, 6.45) is 9.13. The lowest BCUT2D eigenvalue weighted by atomic mass is 9.86. The first kappa shape index (κ1) is 25.2. The predicted octanol–water partition coefficient (Wildman–Crippen LogP) is 6.26. The van der Waals surface area contributed by atoms with E-state index in [4.69, 9.17) is 0 Å². The number of amides is 3. The minimum atomic E-state index is -0.0706. The summed E-state index contributed by atoms with van der Waals surface area (Å²) in [6, 6.07) is 7.99. The van der Waals surface area contributed by atoms with Crippen LogP contribution in [0.5, 0.6) is 0 Å². The maximum atomic E-state index is 12.7. The standard InChI is InChI=1S/C24H37N3O2.C2H6/c1-19(2)21-10-12-22(13-11-21)25-24(29)27-16-6-15-26(17-18-27)23(28)14-9-20-7-4-3-5-8-20;1-2/h10-13,19-20H,3-9,14-18H2,1-2H3,(H,25,29);1-2H3. The number of benzene rings is 1. The molecular formula is C26H43N3O2. The average molecular weight is 430 g/mol. The first-order chi connectivity index (χ1) is 15.0.